The second-order valence-electron chi connectivity index (χ2n) is 9.13. The maximum absolute atomic E-state index is 13.7. The van der Waals surface area contributed by atoms with Crippen molar-refractivity contribution in [2.24, 2.45) is 21.5 Å². The first kappa shape index (κ1) is 29.9. The Hall–Kier alpha value is -2.33. The van der Waals surface area contributed by atoms with Crippen LogP contribution in [0.2, 0.25) is 0 Å². The van der Waals surface area contributed by atoms with E-state index >= 15 is 0 Å². The third-order valence-electron chi connectivity index (χ3n) is 5.75. The molecule has 0 bridgehead atoms. The van der Waals surface area contributed by atoms with Crippen molar-refractivity contribution < 1.29 is 13.2 Å². The monoisotopic (exact) mass is 539 g/mol. The van der Waals surface area contributed by atoms with Crippen LogP contribution in [-0.4, -0.2) is 32.7 Å². The van der Waals surface area contributed by atoms with Crippen LogP contribution >= 0.6 is 23.5 Å². The molecule has 0 aromatic heterocycles. The average Bonchev–Trinajstić information content (AvgIpc) is 2.83. The smallest absolute Gasteiger partial charge is 0.164 e. The fraction of sp³-hybridized carbons (Fsp3) is 0.462. The number of nitrogen functional groups attached to an aromatic ring is 1. The van der Waals surface area contributed by atoms with Crippen LogP contribution in [0.3, 0.4) is 0 Å². The van der Waals surface area contributed by atoms with E-state index in [4.69, 9.17) is 17.2 Å². The Kier molecular flexibility index (Phi) is 10.2. The van der Waals surface area contributed by atoms with Crippen LogP contribution in [0, 0.1) is 17.5 Å². The highest BCUT2D eigenvalue weighted by Gasteiger charge is 2.33. The van der Waals surface area contributed by atoms with Crippen LogP contribution in [0.1, 0.15) is 64.8 Å². The van der Waals surface area contributed by atoms with Crippen molar-refractivity contribution in [3.05, 3.63) is 65.0 Å². The van der Waals surface area contributed by atoms with Gasteiger partial charge in [0.2, 0.25) is 0 Å². The summed E-state index contributed by atoms with van der Waals surface area (Å²) in [6, 6.07) is 8.07. The van der Waals surface area contributed by atoms with Crippen molar-refractivity contribution in [1.82, 2.24) is 0 Å². The number of halogens is 3. The Morgan fingerprint density at radius 3 is 1.75 bits per heavy atom. The quantitative estimate of drug-likeness (QED) is 0.392. The number of rotatable bonds is 2. The lowest BCUT2D eigenvalue weighted by atomic mass is 10.1. The van der Waals surface area contributed by atoms with E-state index in [1.54, 1.807) is 41.7 Å². The van der Waals surface area contributed by atoms with Gasteiger partial charge < -0.3 is 17.2 Å². The van der Waals surface area contributed by atoms with E-state index in [0.717, 1.165) is 6.07 Å². The molecule has 198 valence electrons. The van der Waals surface area contributed by atoms with Crippen LogP contribution in [0.25, 0.3) is 0 Å². The molecule has 2 aromatic rings. The van der Waals surface area contributed by atoms with Gasteiger partial charge in [-0.05, 0) is 52.0 Å². The van der Waals surface area contributed by atoms with Gasteiger partial charge in [-0.3, -0.25) is 9.98 Å². The summed E-state index contributed by atoms with van der Waals surface area (Å²) in [6.07, 6.45) is 0. The van der Waals surface area contributed by atoms with Crippen molar-refractivity contribution in [2.75, 3.05) is 17.2 Å². The zero-order chi connectivity index (χ0) is 27.3. The summed E-state index contributed by atoms with van der Waals surface area (Å²) < 4.78 is 40.0. The molecule has 2 aliphatic rings. The highest BCUT2D eigenvalue weighted by atomic mass is 32.2. The number of nitrogens with two attached hydrogens (primary N) is 3. The van der Waals surface area contributed by atoms with Crippen LogP contribution < -0.4 is 17.2 Å². The summed E-state index contributed by atoms with van der Waals surface area (Å²) in [7, 11) is 0. The first-order chi connectivity index (χ1) is 16.8. The summed E-state index contributed by atoms with van der Waals surface area (Å²) in [5.74, 6) is 0.409. The first-order valence-corrected chi connectivity index (χ1v) is 13.7. The highest BCUT2D eigenvalue weighted by molar-refractivity contribution is 8.01. The number of hydrogen-bond acceptors (Lipinski definition) is 7. The minimum Gasteiger partial charge on any atom is -0.399 e. The van der Waals surface area contributed by atoms with E-state index < -0.39 is 17.7 Å². The summed E-state index contributed by atoms with van der Waals surface area (Å²) in [4.78, 5) is 8.66. The maximum Gasteiger partial charge on any atom is 0.164 e. The van der Waals surface area contributed by atoms with Gasteiger partial charge in [-0.25, -0.2) is 13.2 Å². The summed E-state index contributed by atoms with van der Waals surface area (Å²) in [5, 5.41) is 0. The summed E-state index contributed by atoms with van der Waals surface area (Å²) >= 11 is 3.28. The number of nitrogens with zero attached hydrogens (tertiary/aromatic N) is 2. The van der Waals surface area contributed by atoms with E-state index in [1.165, 1.54) is 12.1 Å². The molecule has 0 radical (unpaired) electrons. The van der Waals surface area contributed by atoms with Gasteiger partial charge in [-0.2, -0.15) is 0 Å². The molecule has 0 spiro atoms. The maximum atomic E-state index is 13.7. The standard InChI is InChI=1S/C12H14F2N2S.C12H16FN3S.C2H6/c1-12(2)11(15)16-9(6-17-12)7-4-3-5-8(13)10(7)14;1-12(2)11(15)16-10(6-17-12)8-5-7(14)3-4-9(8)13;1-2/h3-5,9H,6H2,1-2H3,(H2,15,16);3-5,10H,6,14H2,1-2H3,(H2,15,16);1-2H3. The molecule has 2 aromatic carbocycles. The Bertz CT molecular complexity index is 1080. The second kappa shape index (κ2) is 12.3. The third-order valence-corrected chi connectivity index (χ3v) is 8.57. The molecule has 0 saturated carbocycles. The molecule has 36 heavy (non-hydrogen) atoms. The molecule has 4 rings (SSSR count). The van der Waals surface area contributed by atoms with Crippen molar-refractivity contribution >= 4 is 40.9 Å². The Morgan fingerprint density at radius 1 is 0.750 bits per heavy atom. The lowest BCUT2D eigenvalue weighted by Gasteiger charge is -2.31. The Balaban J connectivity index is 0.000000237. The van der Waals surface area contributed by atoms with Crippen molar-refractivity contribution in [3.63, 3.8) is 0 Å². The molecule has 0 amide bonds. The van der Waals surface area contributed by atoms with Crippen LogP contribution in [0.4, 0.5) is 18.9 Å². The molecule has 2 aliphatic heterocycles. The van der Waals surface area contributed by atoms with E-state index in [-0.39, 0.29) is 26.9 Å². The van der Waals surface area contributed by atoms with E-state index in [0.29, 0.717) is 34.4 Å². The van der Waals surface area contributed by atoms with Gasteiger partial charge in [0, 0.05) is 28.3 Å². The molecule has 2 heterocycles. The second-order valence-corrected chi connectivity index (χ2v) is 12.4. The van der Waals surface area contributed by atoms with E-state index in [2.05, 4.69) is 9.98 Å². The number of benzene rings is 2. The molecular weight excluding hydrogens is 503 g/mol. The largest absolute Gasteiger partial charge is 0.399 e. The fourth-order valence-electron chi connectivity index (χ4n) is 3.36. The van der Waals surface area contributed by atoms with Gasteiger partial charge >= 0.3 is 0 Å². The Morgan fingerprint density at radius 2 is 1.25 bits per heavy atom. The molecule has 0 saturated heterocycles. The molecule has 0 fully saturated rings. The molecule has 0 aliphatic carbocycles. The highest BCUT2D eigenvalue weighted by Crippen LogP contribution is 2.38. The number of aliphatic imine (C=N–C) groups is 2. The zero-order valence-corrected chi connectivity index (χ0v) is 23.2. The molecule has 10 heteroatoms. The van der Waals surface area contributed by atoms with Gasteiger partial charge in [-0.1, -0.05) is 26.0 Å². The van der Waals surface area contributed by atoms with E-state index in [9.17, 15) is 13.2 Å². The van der Waals surface area contributed by atoms with Gasteiger partial charge in [0.05, 0.1) is 21.6 Å². The fourth-order valence-corrected chi connectivity index (χ4v) is 5.42. The number of hydrogen-bond donors (Lipinski definition) is 3. The minimum atomic E-state index is -0.842. The van der Waals surface area contributed by atoms with E-state index in [1.807, 2.05) is 41.5 Å². The Labute approximate surface area is 220 Å². The van der Waals surface area contributed by atoms with Crippen LogP contribution in [0.5, 0.6) is 0 Å². The predicted molar refractivity (Wildman–Crippen MR) is 150 cm³/mol. The van der Waals surface area contributed by atoms with Gasteiger partial charge in [0.1, 0.15) is 17.5 Å². The molecule has 5 nitrogen and oxygen atoms in total. The summed E-state index contributed by atoms with van der Waals surface area (Å²) in [6.45, 7) is 12.0. The third kappa shape index (κ3) is 7.12. The van der Waals surface area contributed by atoms with Crippen molar-refractivity contribution in [1.29, 1.82) is 0 Å². The normalized spacial score (nSPS) is 22.1. The summed E-state index contributed by atoms with van der Waals surface area (Å²) in [5.41, 5.74) is 18.8. The topological polar surface area (TPSA) is 103 Å². The predicted octanol–water partition coefficient (Wildman–Crippen LogP) is 6.25. The molecular formula is C26H36F3N5S2. The SMILES string of the molecule is CC.CC1(C)SCC(c2cc(N)ccc2F)N=C1N.CC1(C)SCC(c2cccc(F)c2F)N=C1N. The van der Waals surface area contributed by atoms with Gasteiger partial charge in [0.25, 0.3) is 0 Å². The molecule has 2 atom stereocenters. The lowest BCUT2D eigenvalue weighted by Crippen LogP contribution is -2.39. The minimum absolute atomic E-state index is 0.173. The molecule has 6 N–H and O–H groups in total. The van der Waals surface area contributed by atoms with Gasteiger partial charge in [0.15, 0.2) is 11.6 Å². The first-order valence-electron chi connectivity index (χ1n) is 11.8. The lowest BCUT2D eigenvalue weighted by molar-refractivity contribution is 0.492. The van der Waals surface area contributed by atoms with Crippen molar-refractivity contribution in [2.45, 2.75) is 63.1 Å². The number of thioether (sulfide) groups is 2. The van der Waals surface area contributed by atoms with Crippen molar-refractivity contribution in [3.8, 4) is 0 Å². The number of anilines is 1. The van der Waals surface area contributed by atoms with Gasteiger partial charge in [-0.15, -0.1) is 23.5 Å². The number of amidine groups is 2. The zero-order valence-electron chi connectivity index (χ0n) is 21.6. The van der Waals surface area contributed by atoms with Crippen LogP contribution in [-0.2, 0) is 0 Å². The average molecular weight is 540 g/mol. The molecule has 2 unspecified atom stereocenters. The van der Waals surface area contributed by atoms with Crippen LogP contribution in [0.15, 0.2) is 46.4 Å².